The maximum Gasteiger partial charge on any atom is 0.458 e. The highest BCUT2D eigenvalue weighted by Crippen LogP contribution is 2.12. The molecule has 0 aliphatic rings. The van der Waals surface area contributed by atoms with E-state index in [1.807, 2.05) is 6.92 Å². The lowest BCUT2D eigenvalue weighted by atomic mass is 10.2. The van der Waals surface area contributed by atoms with E-state index in [2.05, 4.69) is 10.2 Å². The number of aryl methyl sites for hydroxylation is 1. The van der Waals surface area contributed by atoms with E-state index in [-0.39, 0.29) is 0 Å². The Balaban J connectivity index is 1.87. The number of benzene rings is 2. The van der Waals surface area contributed by atoms with Gasteiger partial charge in [-0.3, -0.25) is 0 Å². The van der Waals surface area contributed by atoms with Gasteiger partial charge in [0.1, 0.15) is 11.5 Å². The number of carbonyl (C=O) groups is 2. The van der Waals surface area contributed by atoms with Crippen molar-refractivity contribution in [3.8, 4) is 11.5 Å². The summed E-state index contributed by atoms with van der Waals surface area (Å²) in [5.41, 5.74) is 1.03. The molecule has 6 heteroatoms. The van der Waals surface area contributed by atoms with Crippen LogP contribution in [0.2, 0.25) is 0 Å². The highest BCUT2D eigenvalue weighted by molar-refractivity contribution is 5.75. The smallest absolute Gasteiger partial charge is 0.408 e. The molecule has 0 saturated carbocycles. The maximum absolute atomic E-state index is 11.4. The van der Waals surface area contributed by atoms with E-state index in [1.165, 1.54) is 0 Å². The first-order valence-electron chi connectivity index (χ1n) is 6.10. The van der Waals surface area contributed by atoms with Crippen molar-refractivity contribution in [1.29, 1.82) is 0 Å². The molecule has 2 amide bonds. The molecule has 0 atom stereocenters. The van der Waals surface area contributed by atoms with Gasteiger partial charge in [-0.1, -0.05) is 46.1 Å². The van der Waals surface area contributed by atoms with Gasteiger partial charge in [-0.15, -0.1) is 0 Å². The third-order valence-corrected chi connectivity index (χ3v) is 2.39. The number of rotatable bonds is 2. The summed E-state index contributed by atoms with van der Waals surface area (Å²) in [5, 5.41) is 6.25. The Morgan fingerprint density at radius 3 is 1.76 bits per heavy atom. The van der Waals surface area contributed by atoms with Gasteiger partial charge >= 0.3 is 12.2 Å². The molecule has 0 unspecified atom stereocenters. The molecule has 0 aliphatic heterocycles. The topological polar surface area (TPSA) is 77.3 Å². The highest BCUT2D eigenvalue weighted by atomic mass is 16.6. The molecular weight excluding hydrogens is 272 g/mol. The molecule has 2 aromatic rings. The van der Waals surface area contributed by atoms with Gasteiger partial charge in [-0.05, 0) is 31.2 Å². The van der Waals surface area contributed by atoms with Gasteiger partial charge in [-0.2, -0.15) is 0 Å². The van der Waals surface area contributed by atoms with E-state index >= 15 is 0 Å². The predicted octanol–water partition coefficient (Wildman–Crippen LogP) is 4.15. The number of hydrogen-bond acceptors (Lipinski definition) is 4. The summed E-state index contributed by atoms with van der Waals surface area (Å²) in [6.07, 6.45) is -1.99. The molecule has 0 heterocycles. The lowest BCUT2D eigenvalue weighted by molar-refractivity contribution is 0.200. The molecule has 0 aromatic heterocycles. The molecule has 106 valence electrons. The second kappa shape index (κ2) is 6.95. The predicted molar refractivity (Wildman–Crippen MR) is 74.5 cm³/mol. The summed E-state index contributed by atoms with van der Waals surface area (Å²) in [7, 11) is 0. The fourth-order valence-electron chi connectivity index (χ4n) is 1.42. The number of nitrogens with zero attached hydrogens (tertiary/aromatic N) is 2. The zero-order valence-corrected chi connectivity index (χ0v) is 11.2. The summed E-state index contributed by atoms with van der Waals surface area (Å²) >= 11 is 0. The van der Waals surface area contributed by atoms with Crippen molar-refractivity contribution >= 4 is 12.2 Å². The number of hydrogen-bond donors (Lipinski definition) is 0. The van der Waals surface area contributed by atoms with Crippen molar-refractivity contribution in [3.63, 3.8) is 0 Å². The third kappa shape index (κ3) is 4.87. The first-order chi connectivity index (χ1) is 10.1. The van der Waals surface area contributed by atoms with E-state index in [0.717, 1.165) is 5.56 Å². The van der Waals surface area contributed by atoms with Crippen LogP contribution in [-0.4, -0.2) is 12.2 Å². The Morgan fingerprint density at radius 1 is 0.762 bits per heavy atom. The lowest BCUT2D eigenvalue weighted by Crippen LogP contribution is -2.05. The quantitative estimate of drug-likeness (QED) is 0.776. The van der Waals surface area contributed by atoms with Gasteiger partial charge in [0.05, 0.1) is 0 Å². The zero-order chi connectivity index (χ0) is 15.1. The number of para-hydroxylation sites is 1. The van der Waals surface area contributed by atoms with E-state index in [0.29, 0.717) is 11.5 Å². The lowest BCUT2D eigenvalue weighted by Gasteiger charge is -2.00. The van der Waals surface area contributed by atoms with Crippen LogP contribution in [0, 0.1) is 6.92 Å². The third-order valence-electron chi connectivity index (χ3n) is 2.39. The van der Waals surface area contributed by atoms with E-state index in [4.69, 9.17) is 9.47 Å². The van der Waals surface area contributed by atoms with Crippen LogP contribution in [0.15, 0.2) is 64.8 Å². The van der Waals surface area contributed by atoms with Crippen LogP contribution in [0.25, 0.3) is 0 Å². The van der Waals surface area contributed by atoms with Gasteiger partial charge in [0.25, 0.3) is 0 Å². The van der Waals surface area contributed by atoms with Gasteiger partial charge < -0.3 is 9.47 Å². The molecule has 0 N–H and O–H groups in total. The molecule has 0 radical (unpaired) electrons. The average molecular weight is 284 g/mol. The Labute approximate surface area is 121 Å². The number of carbonyl (C=O) groups excluding carboxylic acids is 2. The largest absolute Gasteiger partial charge is 0.458 e. The Hall–Kier alpha value is -3.02. The average Bonchev–Trinajstić information content (AvgIpc) is 2.49. The normalized spacial score (nSPS) is 10.3. The summed E-state index contributed by atoms with van der Waals surface area (Å²) in [6, 6.07) is 15.1. The van der Waals surface area contributed by atoms with Gasteiger partial charge in [0.2, 0.25) is 0 Å². The number of azo groups is 1. The first kappa shape index (κ1) is 14.4. The fourth-order valence-corrected chi connectivity index (χ4v) is 1.42. The van der Waals surface area contributed by atoms with Crippen LogP contribution in [0.1, 0.15) is 5.56 Å². The van der Waals surface area contributed by atoms with Crippen molar-refractivity contribution in [2.45, 2.75) is 6.92 Å². The summed E-state index contributed by atoms with van der Waals surface area (Å²) in [6.45, 7) is 1.91. The van der Waals surface area contributed by atoms with Crippen molar-refractivity contribution in [2.24, 2.45) is 10.2 Å². The maximum atomic E-state index is 11.4. The standard InChI is InChI=1S/C15H12N2O4/c1-11-7-9-13(10-8-11)21-15(19)17-16-14(18)20-12-5-3-2-4-6-12/h2-10H,1H3/b17-16+. The number of ether oxygens (including phenoxy) is 2. The second-order valence-electron chi connectivity index (χ2n) is 4.06. The second-order valence-corrected chi connectivity index (χ2v) is 4.06. The molecule has 0 aliphatic carbocycles. The van der Waals surface area contributed by atoms with Gasteiger partial charge in [0, 0.05) is 0 Å². The van der Waals surface area contributed by atoms with Crippen molar-refractivity contribution < 1.29 is 19.1 Å². The fraction of sp³-hybridized carbons (Fsp3) is 0.0667. The van der Waals surface area contributed by atoms with Crippen LogP contribution in [-0.2, 0) is 0 Å². The molecule has 2 aromatic carbocycles. The van der Waals surface area contributed by atoms with E-state index < -0.39 is 12.2 Å². The molecule has 6 nitrogen and oxygen atoms in total. The van der Waals surface area contributed by atoms with Crippen molar-refractivity contribution in [2.75, 3.05) is 0 Å². The van der Waals surface area contributed by atoms with Crippen molar-refractivity contribution in [1.82, 2.24) is 0 Å². The van der Waals surface area contributed by atoms with Gasteiger partial charge in [0.15, 0.2) is 0 Å². The Morgan fingerprint density at radius 2 is 1.24 bits per heavy atom. The SMILES string of the molecule is Cc1ccc(OC(=O)/N=N/C(=O)Oc2ccccc2)cc1. The molecule has 0 spiro atoms. The van der Waals surface area contributed by atoms with E-state index in [9.17, 15) is 9.59 Å². The van der Waals surface area contributed by atoms with Gasteiger partial charge in [-0.25, -0.2) is 9.59 Å². The summed E-state index contributed by atoms with van der Waals surface area (Å²) in [4.78, 5) is 22.7. The molecule has 2 rings (SSSR count). The minimum absolute atomic E-state index is 0.313. The Bertz CT molecular complexity index is 651. The van der Waals surface area contributed by atoms with Crippen LogP contribution in [0.5, 0.6) is 11.5 Å². The molecule has 0 fully saturated rings. The Kier molecular flexibility index (Phi) is 4.76. The molecule has 0 saturated heterocycles. The van der Waals surface area contributed by atoms with Crippen molar-refractivity contribution in [3.05, 3.63) is 60.2 Å². The minimum atomic E-state index is -0.998. The summed E-state index contributed by atoms with van der Waals surface area (Å²) < 4.78 is 9.69. The monoisotopic (exact) mass is 284 g/mol. The van der Waals surface area contributed by atoms with E-state index in [1.54, 1.807) is 54.6 Å². The first-order valence-corrected chi connectivity index (χ1v) is 6.10. The zero-order valence-electron chi connectivity index (χ0n) is 11.2. The molecular formula is C15H12N2O4. The highest BCUT2D eigenvalue weighted by Gasteiger charge is 2.06. The van der Waals surface area contributed by atoms with Crippen LogP contribution < -0.4 is 9.47 Å². The van der Waals surface area contributed by atoms with Crippen LogP contribution in [0.3, 0.4) is 0 Å². The van der Waals surface area contributed by atoms with Crippen LogP contribution >= 0.6 is 0 Å². The number of amides is 2. The molecule has 21 heavy (non-hydrogen) atoms. The summed E-state index contributed by atoms with van der Waals surface area (Å²) in [5.74, 6) is 0.634. The van der Waals surface area contributed by atoms with Crippen LogP contribution in [0.4, 0.5) is 9.59 Å². The minimum Gasteiger partial charge on any atom is -0.408 e. The molecule has 0 bridgehead atoms.